The van der Waals surface area contributed by atoms with Crippen molar-refractivity contribution in [1.29, 1.82) is 0 Å². The average molecular weight is 259 g/mol. The minimum atomic E-state index is 0.0988. The molecule has 0 saturated carbocycles. The molecule has 1 aliphatic rings. The van der Waals surface area contributed by atoms with Crippen LogP contribution in [-0.2, 0) is 4.74 Å². The second-order valence-electron chi connectivity index (χ2n) is 4.67. The van der Waals surface area contributed by atoms with Gasteiger partial charge in [0.05, 0.1) is 18.5 Å². The number of benzene rings is 2. The van der Waals surface area contributed by atoms with Gasteiger partial charge in [0.15, 0.2) is 0 Å². The van der Waals surface area contributed by atoms with Crippen LogP contribution < -0.4 is 5.73 Å². The Morgan fingerprint density at radius 2 is 1.94 bits per heavy atom. The topological polar surface area (TPSA) is 35.2 Å². The lowest BCUT2D eigenvalue weighted by atomic mass is 10.0. The van der Waals surface area contributed by atoms with Crippen molar-refractivity contribution in [3.8, 4) is 0 Å². The van der Waals surface area contributed by atoms with Gasteiger partial charge in [-0.1, -0.05) is 42.5 Å². The van der Waals surface area contributed by atoms with Gasteiger partial charge in [0, 0.05) is 11.8 Å². The highest BCUT2D eigenvalue weighted by atomic mass is 32.2. The maximum absolute atomic E-state index is 6.33. The summed E-state index contributed by atoms with van der Waals surface area (Å²) in [5, 5.41) is 3.19. The molecule has 0 aliphatic carbocycles. The highest BCUT2D eigenvalue weighted by Crippen LogP contribution is 2.28. The van der Waals surface area contributed by atoms with Crippen molar-refractivity contribution in [2.75, 3.05) is 19.0 Å². The van der Waals surface area contributed by atoms with Gasteiger partial charge in [-0.2, -0.15) is 11.8 Å². The number of thioether (sulfide) groups is 1. The standard InChI is InChI=1S/C15H17NOS/c16-15(10-18-12-8-17-9-12)14-7-3-5-11-4-1-2-6-13(11)14/h1-7,12,15H,8-10,16H2. The van der Waals surface area contributed by atoms with E-state index < -0.39 is 0 Å². The predicted molar refractivity (Wildman–Crippen MR) is 77.9 cm³/mol. The zero-order chi connectivity index (χ0) is 12.4. The highest BCUT2D eigenvalue weighted by molar-refractivity contribution is 8.00. The molecule has 3 rings (SSSR count). The van der Waals surface area contributed by atoms with Crippen LogP contribution in [0.25, 0.3) is 10.8 Å². The van der Waals surface area contributed by atoms with Gasteiger partial charge in [0.2, 0.25) is 0 Å². The second kappa shape index (κ2) is 5.31. The van der Waals surface area contributed by atoms with Crippen LogP contribution in [0.15, 0.2) is 42.5 Å². The molecule has 0 spiro atoms. The van der Waals surface area contributed by atoms with Gasteiger partial charge in [-0.15, -0.1) is 0 Å². The van der Waals surface area contributed by atoms with Crippen LogP contribution in [0.5, 0.6) is 0 Å². The van der Waals surface area contributed by atoms with Gasteiger partial charge in [-0.3, -0.25) is 0 Å². The first kappa shape index (κ1) is 12.0. The van der Waals surface area contributed by atoms with Crippen LogP contribution in [0.2, 0.25) is 0 Å². The summed E-state index contributed by atoms with van der Waals surface area (Å²) in [7, 11) is 0. The molecule has 1 heterocycles. The summed E-state index contributed by atoms with van der Waals surface area (Å²) >= 11 is 1.92. The van der Waals surface area contributed by atoms with Crippen LogP contribution in [0.4, 0.5) is 0 Å². The Labute approximate surface area is 112 Å². The first-order valence-corrected chi connectivity index (χ1v) is 7.32. The fraction of sp³-hybridized carbons (Fsp3) is 0.333. The lowest BCUT2D eigenvalue weighted by molar-refractivity contribution is 0.0455. The van der Waals surface area contributed by atoms with E-state index in [0.29, 0.717) is 5.25 Å². The molecule has 0 aromatic heterocycles. The molecule has 2 N–H and O–H groups in total. The molecule has 1 aliphatic heterocycles. The number of fused-ring (bicyclic) bond motifs is 1. The second-order valence-corrected chi connectivity index (χ2v) is 6.00. The number of hydrogen-bond donors (Lipinski definition) is 1. The third-order valence-electron chi connectivity index (χ3n) is 3.34. The minimum Gasteiger partial charge on any atom is -0.379 e. The zero-order valence-corrected chi connectivity index (χ0v) is 11.0. The molecule has 0 bridgehead atoms. The van der Waals surface area contributed by atoms with Gasteiger partial charge < -0.3 is 10.5 Å². The maximum atomic E-state index is 6.33. The monoisotopic (exact) mass is 259 g/mol. The number of nitrogens with two attached hydrogens (primary N) is 1. The molecule has 2 aromatic carbocycles. The molecule has 3 heteroatoms. The Hall–Kier alpha value is -1.03. The van der Waals surface area contributed by atoms with E-state index in [9.17, 15) is 0 Å². The zero-order valence-electron chi connectivity index (χ0n) is 10.2. The summed E-state index contributed by atoms with van der Waals surface area (Å²) in [6.45, 7) is 1.76. The first-order chi connectivity index (χ1) is 8.84. The van der Waals surface area contributed by atoms with Crippen molar-refractivity contribution in [2.24, 2.45) is 5.73 Å². The van der Waals surface area contributed by atoms with Crippen molar-refractivity contribution in [1.82, 2.24) is 0 Å². The van der Waals surface area contributed by atoms with Crippen molar-refractivity contribution >= 4 is 22.5 Å². The van der Waals surface area contributed by atoms with E-state index in [0.717, 1.165) is 19.0 Å². The van der Waals surface area contributed by atoms with Crippen molar-refractivity contribution in [3.05, 3.63) is 48.0 Å². The molecule has 18 heavy (non-hydrogen) atoms. The van der Waals surface area contributed by atoms with E-state index in [1.54, 1.807) is 0 Å². The fourth-order valence-corrected chi connectivity index (χ4v) is 3.26. The van der Waals surface area contributed by atoms with Gasteiger partial charge in [0.1, 0.15) is 0 Å². The van der Waals surface area contributed by atoms with E-state index in [2.05, 4.69) is 42.5 Å². The number of ether oxygens (including phenoxy) is 1. The smallest absolute Gasteiger partial charge is 0.0607 e. The molecule has 1 saturated heterocycles. The van der Waals surface area contributed by atoms with Gasteiger partial charge in [0.25, 0.3) is 0 Å². The quantitative estimate of drug-likeness (QED) is 0.917. The molecule has 1 unspecified atom stereocenters. The molecule has 2 nitrogen and oxygen atoms in total. The van der Waals surface area contributed by atoms with Crippen LogP contribution >= 0.6 is 11.8 Å². The summed E-state index contributed by atoms with van der Waals surface area (Å²) in [6.07, 6.45) is 0. The molecule has 1 fully saturated rings. The lowest BCUT2D eigenvalue weighted by Crippen LogP contribution is -2.31. The van der Waals surface area contributed by atoms with E-state index >= 15 is 0 Å². The van der Waals surface area contributed by atoms with Crippen molar-refractivity contribution in [3.63, 3.8) is 0 Å². The summed E-state index contributed by atoms with van der Waals surface area (Å²) in [6, 6.07) is 14.9. The Bertz CT molecular complexity index is 534. The van der Waals surface area contributed by atoms with Gasteiger partial charge in [-0.25, -0.2) is 0 Å². The van der Waals surface area contributed by atoms with Crippen LogP contribution in [-0.4, -0.2) is 24.2 Å². The Balaban J connectivity index is 1.79. The van der Waals surface area contributed by atoms with E-state index in [1.165, 1.54) is 16.3 Å². The van der Waals surface area contributed by atoms with Gasteiger partial charge in [-0.05, 0) is 16.3 Å². The summed E-state index contributed by atoms with van der Waals surface area (Å²) in [4.78, 5) is 0. The lowest BCUT2D eigenvalue weighted by Gasteiger charge is -2.26. The third-order valence-corrected chi connectivity index (χ3v) is 4.64. The third kappa shape index (κ3) is 2.39. The molecule has 2 aromatic rings. The first-order valence-electron chi connectivity index (χ1n) is 6.27. The number of hydrogen-bond acceptors (Lipinski definition) is 3. The largest absolute Gasteiger partial charge is 0.379 e. The van der Waals surface area contributed by atoms with Crippen LogP contribution in [0.1, 0.15) is 11.6 Å². The molecule has 1 atom stereocenters. The van der Waals surface area contributed by atoms with Gasteiger partial charge >= 0.3 is 0 Å². The normalized spacial score (nSPS) is 17.6. The summed E-state index contributed by atoms with van der Waals surface area (Å²) in [5.74, 6) is 0.960. The Morgan fingerprint density at radius 1 is 1.17 bits per heavy atom. The summed E-state index contributed by atoms with van der Waals surface area (Å²) in [5.41, 5.74) is 7.58. The molecule has 0 amide bonds. The fourth-order valence-electron chi connectivity index (χ4n) is 2.21. The van der Waals surface area contributed by atoms with Crippen molar-refractivity contribution < 1.29 is 4.74 Å². The number of rotatable bonds is 4. The summed E-state index contributed by atoms with van der Waals surface area (Å²) < 4.78 is 5.18. The van der Waals surface area contributed by atoms with Crippen molar-refractivity contribution in [2.45, 2.75) is 11.3 Å². The average Bonchev–Trinajstić information content (AvgIpc) is 2.36. The van der Waals surface area contributed by atoms with Crippen LogP contribution in [0.3, 0.4) is 0 Å². The Kier molecular flexibility index (Phi) is 3.55. The molecular weight excluding hydrogens is 242 g/mol. The van der Waals surface area contributed by atoms with E-state index in [1.807, 2.05) is 11.8 Å². The maximum Gasteiger partial charge on any atom is 0.0607 e. The molecule has 94 valence electrons. The SMILES string of the molecule is NC(CSC1COC1)c1cccc2ccccc12. The minimum absolute atomic E-state index is 0.0988. The highest BCUT2D eigenvalue weighted by Gasteiger charge is 2.20. The van der Waals surface area contributed by atoms with Crippen LogP contribution in [0, 0.1) is 0 Å². The predicted octanol–water partition coefficient (Wildman–Crippen LogP) is 2.97. The Morgan fingerprint density at radius 3 is 2.72 bits per heavy atom. The van der Waals surface area contributed by atoms with E-state index in [4.69, 9.17) is 10.5 Å². The molecular formula is C15H17NOS. The van der Waals surface area contributed by atoms with E-state index in [-0.39, 0.29) is 6.04 Å². The molecule has 0 radical (unpaired) electrons.